The van der Waals surface area contributed by atoms with Gasteiger partial charge >= 0.3 is 28.4 Å². The van der Waals surface area contributed by atoms with E-state index in [0.717, 1.165) is 6.42 Å². The van der Waals surface area contributed by atoms with Gasteiger partial charge < -0.3 is 24.8 Å². The molecule has 9 aromatic carbocycles. The Labute approximate surface area is 347 Å². The van der Waals surface area contributed by atoms with Gasteiger partial charge in [0.05, 0.1) is 0 Å². The van der Waals surface area contributed by atoms with Crippen molar-refractivity contribution in [3.05, 3.63) is 236 Å². The van der Waals surface area contributed by atoms with Gasteiger partial charge in [0, 0.05) is 0 Å². The van der Waals surface area contributed by atoms with E-state index in [1.165, 1.54) is 90.3 Å². The van der Waals surface area contributed by atoms with Crippen LogP contribution in [0.1, 0.15) is 11.1 Å². The van der Waals surface area contributed by atoms with Crippen LogP contribution in [0.4, 0.5) is 0 Å². The van der Waals surface area contributed by atoms with E-state index in [0.29, 0.717) is 0 Å². The molecule has 54 heavy (non-hydrogen) atoms. The molecule has 0 nitrogen and oxygen atoms in total. The molecule has 0 radical (unpaired) electrons. The van der Waals surface area contributed by atoms with E-state index in [-0.39, 0.29) is 24.8 Å². The summed E-state index contributed by atoms with van der Waals surface area (Å²) in [4.78, 5) is 0. The van der Waals surface area contributed by atoms with Gasteiger partial charge in [0.1, 0.15) is 0 Å². The van der Waals surface area contributed by atoms with Gasteiger partial charge in [0.2, 0.25) is 0 Å². The quantitative estimate of drug-likeness (QED) is 0.126. The molecule has 0 spiro atoms. The van der Waals surface area contributed by atoms with Gasteiger partial charge in [0.15, 0.2) is 0 Å². The van der Waals surface area contributed by atoms with Crippen molar-refractivity contribution < 1.29 is 49.0 Å². The second-order valence-electron chi connectivity index (χ2n) is 12.1. The summed E-state index contributed by atoms with van der Waals surface area (Å²) in [5, 5.41) is 5.30. The number of halogens is 2. The predicted molar refractivity (Wildman–Crippen MR) is 221 cm³/mol. The number of hydrogen-bond donors (Lipinski definition) is 0. The van der Waals surface area contributed by atoms with Crippen LogP contribution in [0.25, 0.3) is 54.9 Å². The molecular weight excluding hydrogens is 775 g/mol. The molecule has 1 aliphatic carbocycles. The summed E-state index contributed by atoms with van der Waals surface area (Å²) in [6.07, 6.45) is 1.02. The van der Waals surface area contributed by atoms with Crippen molar-refractivity contribution in [3.8, 4) is 33.4 Å². The molecule has 264 valence electrons. The third-order valence-corrected chi connectivity index (χ3v) is 8.92. The maximum Gasteiger partial charge on any atom is -0.0184 e. The monoisotopic (exact) mass is 812 g/mol. The molecule has 0 saturated heterocycles. The molecule has 1 aliphatic rings. The predicted octanol–water partition coefficient (Wildman–Crippen LogP) is 7.45. The summed E-state index contributed by atoms with van der Waals surface area (Å²) in [6, 6.07) is 78.9. The standard InChI is InChI=1S/C21H13.2C12H10.C5H5.CH2.2ClH.Zr/c1-2-8-15-14(7-1)13-20-18-11-4-3-9-16(18)17-10-5-6-12-19(17)21(15)20;2*1-3-7-11(8-4-1)12-9-5-2-6-10-12;1-2-4-5-3-1;;;;/h1-10,12H,13H2;2*1-10H;1-5H;1H2;2*1H;/q-1;;;-1;;;;+2/p-2. The van der Waals surface area contributed by atoms with Crippen LogP contribution in [0.15, 0.2) is 218 Å². The molecule has 10 rings (SSSR count). The zero-order valence-electron chi connectivity index (χ0n) is 30.0. The Hall–Kier alpha value is -5.04. The maximum absolute atomic E-state index is 3.48. The average Bonchev–Trinajstić information content (AvgIpc) is 3.97. The Morgan fingerprint density at radius 2 is 0.833 bits per heavy atom. The number of hydrogen-bond acceptors (Lipinski definition) is 0. The van der Waals surface area contributed by atoms with Crippen molar-refractivity contribution in [2.75, 3.05) is 0 Å². The second kappa shape index (κ2) is 22.2. The first kappa shape index (κ1) is 41.7. The summed E-state index contributed by atoms with van der Waals surface area (Å²) < 4.78 is 3.34. The van der Waals surface area contributed by atoms with Gasteiger partial charge in [-0.15, -0.1) is 40.6 Å². The molecule has 0 atom stereocenters. The van der Waals surface area contributed by atoms with Crippen LogP contribution >= 0.6 is 0 Å². The molecule has 0 heterocycles. The normalized spacial score (nSPS) is 10.0. The van der Waals surface area contributed by atoms with Crippen molar-refractivity contribution in [3.63, 3.8) is 0 Å². The van der Waals surface area contributed by atoms with Crippen LogP contribution in [-0.2, 0) is 30.7 Å². The topological polar surface area (TPSA) is 0 Å². The van der Waals surface area contributed by atoms with E-state index in [1.807, 2.05) is 60.7 Å². The molecule has 0 saturated carbocycles. The molecule has 0 N–H and O–H groups in total. The van der Waals surface area contributed by atoms with Crippen LogP contribution in [0.3, 0.4) is 0 Å². The molecule has 3 heteroatoms. The number of rotatable bonds is 2. The third kappa shape index (κ3) is 10.6. The van der Waals surface area contributed by atoms with Crippen LogP contribution < -0.4 is 24.8 Å². The van der Waals surface area contributed by atoms with Crippen molar-refractivity contribution in [2.24, 2.45) is 0 Å². The summed E-state index contributed by atoms with van der Waals surface area (Å²) in [7, 11) is 0. The maximum atomic E-state index is 3.48. The first-order chi connectivity index (χ1) is 25.9. The minimum Gasteiger partial charge on any atom is -1.00 e. The van der Waals surface area contributed by atoms with Crippen molar-refractivity contribution in [2.45, 2.75) is 6.42 Å². The molecule has 0 bridgehead atoms. The van der Waals surface area contributed by atoms with E-state index in [9.17, 15) is 0 Å². The Kier molecular flexibility index (Phi) is 17.2. The third-order valence-electron chi connectivity index (χ3n) is 8.92. The largest absolute Gasteiger partial charge is 1.00 e. The fourth-order valence-corrected chi connectivity index (χ4v) is 6.57. The van der Waals surface area contributed by atoms with E-state index in [4.69, 9.17) is 0 Å². The van der Waals surface area contributed by atoms with Crippen LogP contribution in [-0.4, -0.2) is 4.21 Å². The SMILES string of the molecule is [CH2]=[Zr+2].[Cl-].[Cl-].[c-]1cccc2c1c1c(c3ccccc32)-c2ccccc2C1.c1cc[cH-]c1.c1ccc(-c2ccccc2)cc1.c1ccc(-c2ccccc2)cc1. The molecule has 0 aromatic heterocycles. The van der Waals surface area contributed by atoms with Crippen molar-refractivity contribution in [1.29, 1.82) is 0 Å². The summed E-state index contributed by atoms with van der Waals surface area (Å²) in [5.74, 6) is 0. The Bertz CT molecular complexity index is 2220. The van der Waals surface area contributed by atoms with Crippen LogP contribution in [0.2, 0.25) is 0 Å². The van der Waals surface area contributed by atoms with Crippen molar-refractivity contribution >= 4 is 25.8 Å². The van der Waals surface area contributed by atoms with Gasteiger partial charge in [-0.3, -0.25) is 0 Å². The summed E-state index contributed by atoms with van der Waals surface area (Å²) in [6.45, 7) is 0. The summed E-state index contributed by atoms with van der Waals surface area (Å²) >= 11 is 1.30. The first-order valence-electron chi connectivity index (χ1n) is 17.5. The Morgan fingerprint density at radius 3 is 1.30 bits per heavy atom. The molecule has 0 aliphatic heterocycles. The van der Waals surface area contributed by atoms with Gasteiger partial charge in [-0.25, -0.2) is 12.1 Å². The fraction of sp³-hybridized carbons (Fsp3) is 0.0196. The molecule has 0 unspecified atom stereocenters. The molecule has 0 amide bonds. The summed E-state index contributed by atoms with van der Waals surface area (Å²) in [5.41, 5.74) is 10.8. The molecule has 0 fully saturated rings. The van der Waals surface area contributed by atoms with E-state index < -0.39 is 0 Å². The fourth-order valence-electron chi connectivity index (χ4n) is 6.57. The van der Waals surface area contributed by atoms with Gasteiger partial charge in [-0.05, 0) is 50.8 Å². The van der Waals surface area contributed by atoms with Gasteiger partial charge in [-0.2, -0.15) is 18.2 Å². The van der Waals surface area contributed by atoms with E-state index in [2.05, 4.69) is 168 Å². The molecular formula is C51H40Cl2Zr-2. The van der Waals surface area contributed by atoms with Crippen LogP contribution in [0, 0.1) is 6.07 Å². The van der Waals surface area contributed by atoms with Crippen molar-refractivity contribution in [1.82, 2.24) is 0 Å². The Balaban J connectivity index is 0.000000171. The number of benzene rings is 8. The first-order valence-corrected chi connectivity index (χ1v) is 19.3. The van der Waals surface area contributed by atoms with Crippen LogP contribution in [0.5, 0.6) is 0 Å². The van der Waals surface area contributed by atoms with Gasteiger partial charge in [-0.1, -0.05) is 175 Å². The average molecular weight is 815 g/mol. The minimum absolute atomic E-state index is 0. The Morgan fingerprint density at radius 1 is 0.426 bits per heavy atom. The smallest absolute Gasteiger partial charge is 0.0184 e. The van der Waals surface area contributed by atoms with E-state index >= 15 is 0 Å². The minimum atomic E-state index is 0. The molecule has 9 aromatic rings. The second-order valence-corrected chi connectivity index (χ2v) is 12.1. The number of fused-ring (bicyclic) bond motifs is 8. The van der Waals surface area contributed by atoms with Gasteiger partial charge in [0.25, 0.3) is 0 Å². The zero-order chi connectivity index (χ0) is 35.8. The van der Waals surface area contributed by atoms with E-state index in [1.54, 1.807) is 0 Å². The zero-order valence-corrected chi connectivity index (χ0v) is 33.9.